The van der Waals surface area contributed by atoms with E-state index < -0.39 is 5.78 Å². The second-order valence-corrected chi connectivity index (χ2v) is 1.28. The van der Waals surface area contributed by atoms with Crippen molar-refractivity contribution in [2.45, 2.75) is 6.92 Å². The molecule has 0 rings (SSSR count). The lowest BCUT2D eigenvalue weighted by Crippen LogP contribution is -1.92. The van der Waals surface area contributed by atoms with E-state index in [9.17, 15) is 9.59 Å². The predicted molar refractivity (Wildman–Crippen MR) is 31.8 cm³/mol. The van der Waals surface area contributed by atoms with Crippen molar-refractivity contribution in [3.63, 3.8) is 0 Å². The maximum absolute atomic E-state index is 10.2. The van der Waals surface area contributed by atoms with E-state index in [2.05, 4.69) is 4.74 Å². The van der Waals surface area contributed by atoms with Gasteiger partial charge in [0.25, 0.3) is 0 Å². The zero-order chi connectivity index (χ0) is 7.11. The van der Waals surface area contributed by atoms with Gasteiger partial charge < -0.3 is 4.74 Å². The summed E-state index contributed by atoms with van der Waals surface area (Å²) in [5, 5.41) is 0. The third-order valence-electron chi connectivity index (χ3n) is 0.611. The van der Waals surface area contributed by atoms with E-state index in [4.69, 9.17) is 0 Å². The standard InChI is InChI=1S/C6H8O3/c1-2-9-4-3-6(8)5-7/h3-5H,2H2,1H3/b4-3+. The van der Waals surface area contributed by atoms with Crippen LogP contribution in [0.2, 0.25) is 0 Å². The van der Waals surface area contributed by atoms with Crippen LogP contribution in [-0.2, 0) is 14.3 Å². The first-order valence-electron chi connectivity index (χ1n) is 2.58. The zero-order valence-corrected chi connectivity index (χ0v) is 5.16. The summed E-state index contributed by atoms with van der Waals surface area (Å²) >= 11 is 0. The average Bonchev–Trinajstić information content (AvgIpc) is 1.89. The first kappa shape index (κ1) is 7.88. The molecule has 0 aromatic rings. The fourth-order valence-electron chi connectivity index (χ4n) is 0.251. The number of hydrogen-bond acceptors (Lipinski definition) is 3. The van der Waals surface area contributed by atoms with Crippen molar-refractivity contribution in [3.05, 3.63) is 12.3 Å². The molecule has 0 fully saturated rings. The predicted octanol–water partition coefficient (Wildman–Crippen LogP) is 0.305. The molecule has 0 aliphatic rings. The lowest BCUT2D eigenvalue weighted by Gasteiger charge is -1.87. The molecule has 3 nitrogen and oxygen atoms in total. The molecule has 0 bridgehead atoms. The Kier molecular flexibility index (Phi) is 4.40. The van der Waals surface area contributed by atoms with Crippen LogP contribution in [0.25, 0.3) is 0 Å². The Bertz CT molecular complexity index is 126. The molecule has 3 heteroatoms. The van der Waals surface area contributed by atoms with Crippen molar-refractivity contribution in [1.29, 1.82) is 0 Å². The summed E-state index contributed by atoms with van der Waals surface area (Å²) in [7, 11) is 0. The van der Waals surface area contributed by atoms with E-state index >= 15 is 0 Å². The molecular weight excluding hydrogens is 120 g/mol. The molecule has 0 atom stereocenters. The summed E-state index contributed by atoms with van der Waals surface area (Å²) in [5.74, 6) is -0.580. The van der Waals surface area contributed by atoms with Gasteiger partial charge in [-0.05, 0) is 6.92 Å². The van der Waals surface area contributed by atoms with Gasteiger partial charge in [0.2, 0.25) is 5.78 Å². The molecule has 0 unspecified atom stereocenters. The summed E-state index contributed by atoms with van der Waals surface area (Å²) in [6.07, 6.45) is 2.52. The number of rotatable bonds is 4. The largest absolute Gasteiger partial charge is 0.501 e. The lowest BCUT2D eigenvalue weighted by atomic mass is 10.4. The molecule has 0 aromatic heterocycles. The third-order valence-corrected chi connectivity index (χ3v) is 0.611. The van der Waals surface area contributed by atoms with Crippen LogP contribution in [0.4, 0.5) is 0 Å². The molecule has 0 N–H and O–H groups in total. The Morgan fingerprint density at radius 3 is 2.78 bits per heavy atom. The highest BCUT2D eigenvalue weighted by molar-refractivity contribution is 6.30. The smallest absolute Gasteiger partial charge is 0.221 e. The van der Waals surface area contributed by atoms with Gasteiger partial charge in [0.1, 0.15) is 0 Å². The van der Waals surface area contributed by atoms with E-state index in [1.165, 1.54) is 6.26 Å². The van der Waals surface area contributed by atoms with Gasteiger partial charge in [-0.25, -0.2) is 0 Å². The monoisotopic (exact) mass is 128 g/mol. The quantitative estimate of drug-likeness (QED) is 0.237. The molecule has 0 aliphatic heterocycles. The van der Waals surface area contributed by atoms with E-state index in [-0.39, 0.29) is 6.29 Å². The molecule has 0 radical (unpaired) electrons. The molecule has 0 spiro atoms. The molecule has 0 saturated heterocycles. The van der Waals surface area contributed by atoms with Crippen LogP contribution in [0.1, 0.15) is 6.92 Å². The summed E-state index contributed by atoms with van der Waals surface area (Å²) in [6.45, 7) is 2.29. The topological polar surface area (TPSA) is 43.4 Å². The molecule has 9 heavy (non-hydrogen) atoms. The minimum atomic E-state index is -0.580. The average molecular weight is 128 g/mol. The minimum absolute atomic E-state index is 0.232. The number of carbonyl (C=O) groups excluding carboxylic acids is 2. The Hall–Kier alpha value is -1.12. The number of ketones is 1. The summed E-state index contributed by atoms with van der Waals surface area (Å²) in [5.41, 5.74) is 0. The van der Waals surface area contributed by atoms with Gasteiger partial charge in [-0.15, -0.1) is 0 Å². The van der Waals surface area contributed by atoms with Gasteiger partial charge in [-0.3, -0.25) is 9.59 Å². The number of ether oxygens (including phenoxy) is 1. The van der Waals surface area contributed by atoms with Gasteiger partial charge in [-0.2, -0.15) is 0 Å². The van der Waals surface area contributed by atoms with Gasteiger partial charge in [-0.1, -0.05) is 0 Å². The maximum Gasteiger partial charge on any atom is 0.221 e. The van der Waals surface area contributed by atoms with Crippen molar-refractivity contribution < 1.29 is 14.3 Å². The van der Waals surface area contributed by atoms with Crippen molar-refractivity contribution in [3.8, 4) is 0 Å². The van der Waals surface area contributed by atoms with Gasteiger partial charge >= 0.3 is 0 Å². The lowest BCUT2D eigenvalue weighted by molar-refractivity contribution is -0.126. The van der Waals surface area contributed by atoms with Gasteiger partial charge in [0.15, 0.2) is 6.29 Å². The number of allylic oxidation sites excluding steroid dienone is 1. The number of aldehydes is 1. The molecule has 0 heterocycles. The van der Waals surface area contributed by atoms with Crippen LogP contribution >= 0.6 is 0 Å². The number of carbonyl (C=O) groups is 2. The normalized spacial score (nSPS) is 9.44. The second-order valence-electron chi connectivity index (χ2n) is 1.28. The van der Waals surface area contributed by atoms with Crippen LogP contribution in [0, 0.1) is 0 Å². The SMILES string of the molecule is CCO/C=C/C(=O)C=O. The molecular formula is C6H8O3. The van der Waals surface area contributed by atoms with Crippen molar-refractivity contribution in [2.75, 3.05) is 6.61 Å². The third kappa shape index (κ3) is 4.74. The first-order chi connectivity index (χ1) is 4.31. The van der Waals surface area contributed by atoms with E-state index in [0.29, 0.717) is 6.61 Å². The van der Waals surface area contributed by atoms with Crippen LogP contribution < -0.4 is 0 Å². The maximum atomic E-state index is 10.2. The number of hydrogen-bond donors (Lipinski definition) is 0. The van der Waals surface area contributed by atoms with Crippen LogP contribution in [0.15, 0.2) is 12.3 Å². The Labute approximate surface area is 53.3 Å². The van der Waals surface area contributed by atoms with E-state index in [1.807, 2.05) is 0 Å². The highest BCUT2D eigenvalue weighted by Crippen LogP contribution is 1.75. The molecule has 0 saturated carbocycles. The van der Waals surface area contributed by atoms with Crippen molar-refractivity contribution in [2.24, 2.45) is 0 Å². The zero-order valence-electron chi connectivity index (χ0n) is 5.16. The molecule has 0 aromatic carbocycles. The first-order valence-corrected chi connectivity index (χ1v) is 2.58. The van der Waals surface area contributed by atoms with Crippen LogP contribution in [0.5, 0.6) is 0 Å². The van der Waals surface area contributed by atoms with E-state index in [1.54, 1.807) is 6.92 Å². The molecule has 0 amide bonds. The van der Waals surface area contributed by atoms with Gasteiger partial charge in [0.05, 0.1) is 12.9 Å². The fourth-order valence-corrected chi connectivity index (χ4v) is 0.251. The summed E-state index contributed by atoms with van der Waals surface area (Å²) in [6, 6.07) is 0. The van der Waals surface area contributed by atoms with Gasteiger partial charge in [0, 0.05) is 6.08 Å². The van der Waals surface area contributed by atoms with Crippen LogP contribution in [0.3, 0.4) is 0 Å². The molecule has 0 aliphatic carbocycles. The Morgan fingerprint density at radius 2 is 2.33 bits per heavy atom. The highest BCUT2D eigenvalue weighted by Gasteiger charge is 1.87. The minimum Gasteiger partial charge on any atom is -0.501 e. The summed E-state index contributed by atoms with van der Waals surface area (Å²) < 4.78 is 4.65. The molecule has 50 valence electrons. The van der Waals surface area contributed by atoms with Crippen molar-refractivity contribution >= 4 is 12.1 Å². The second kappa shape index (κ2) is 5.03. The Balaban J connectivity index is 3.44. The summed E-state index contributed by atoms with van der Waals surface area (Å²) in [4.78, 5) is 19.8. The fraction of sp³-hybridized carbons (Fsp3) is 0.333. The van der Waals surface area contributed by atoms with Crippen LogP contribution in [-0.4, -0.2) is 18.7 Å². The Morgan fingerprint density at radius 1 is 1.67 bits per heavy atom. The highest BCUT2D eigenvalue weighted by atomic mass is 16.5. The van der Waals surface area contributed by atoms with Crippen molar-refractivity contribution in [1.82, 2.24) is 0 Å². The van der Waals surface area contributed by atoms with E-state index in [0.717, 1.165) is 6.08 Å².